The molecule has 0 saturated carbocycles. The predicted molar refractivity (Wildman–Crippen MR) is 101 cm³/mol. The van der Waals surface area contributed by atoms with Crippen LogP contribution in [0, 0.1) is 0 Å². The van der Waals surface area contributed by atoms with Crippen LogP contribution in [-0.4, -0.2) is 35.8 Å². The number of rotatable bonds is 11. The van der Waals surface area contributed by atoms with Gasteiger partial charge in [-0.15, -0.1) is 0 Å². The highest BCUT2D eigenvalue weighted by Gasteiger charge is 2.21. The Morgan fingerprint density at radius 3 is 2.67 bits per heavy atom. The molecule has 0 heterocycles. The van der Waals surface area contributed by atoms with Gasteiger partial charge in [-0.2, -0.15) is 0 Å². The monoisotopic (exact) mass is 364 g/mol. The molecule has 0 atom stereocenters. The summed E-state index contributed by atoms with van der Waals surface area (Å²) in [6, 6.07) is 9.49. The van der Waals surface area contributed by atoms with Crippen LogP contribution in [0.4, 0.5) is 0 Å². The molecule has 1 rings (SSSR count). The van der Waals surface area contributed by atoms with Crippen LogP contribution in [0.15, 0.2) is 36.4 Å². The summed E-state index contributed by atoms with van der Waals surface area (Å²) in [6.07, 6.45) is 2.73. The Kier molecular flexibility index (Phi) is 9.03. The number of hydrogen-bond acceptors (Lipinski definition) is 4. The van der Waals surface area contributed by atoms with E-state index in [1.54, 1.807) is 13.0 Å². The number of para-hydroxylation sites is 1. The van der Waals surface area contributed by atoms with Gasteiger partial charge < -0.3 is 14.0 Å². The zero-order valence-corrected chi connectivity index (χ0v) is 16.9. The molecule has 0 aliphatic heterocycles. The van der Waals surface area contributed by atoms with E-state index < -0.39 is 8.32 Å². The summed E-state index contributed by atoms with van der Waals surface area (Å²) in [6.45, 7) is 10.1. The van der Waals surface area contributed by atoms with Crippen LogP contribution in [0.3, 0.4) is 0 Å². The highest BCUT2D eigenvalue weighted by Crippen LogP contribution is 2.21. The van der Waals surface area contributed by atoms with Gasteiger partial charge in [0.2, 0.25) is 9.76 Å². The van der Waals surface area contributed by atoms with Crippen molar-refractivity contribution in [2.75, 3.05) is 6.61 Å². The number of aryl methyl sites for hydroxylation is 1. The standard InChI is InChI=1S/C18H28O4Si2/c1-15(2)18(20)21-12-8-13-23-22-24(3,4)14-7-10-16-9-5-6-11-17(16)19/h5-6,9,11,19H,1,7-8,10,12-14H2,2-4H3. The van der Waals surface area contributed by atoms with Gasteiger partial charge in [0, 0.05) is 5.57 Å². The molecule has 1 aromatic carbocycles. The number of carbonyl (C=O) groups excluding carboxylic acids is 1. The summed E-state index contributed by atoms with van der Waals surface area (Å²) < 4.78 is 11.2. The van der Waals surface area contributed by atoms with Gasteiger partial charge in [-0.3, -0.25) is 0 Å². The lowest BCUT2D eigenvalue weighted by Crippen LogP contribution is -2.32. The zero-order valence-electron chi connectivity index (χ0n) is 14.9. The third kappa shape index (κ3) is 8.47. The predicted octanol–water partition coefficient (Wildman–Crippen LogP) is 4.09. The maximum Gasteiger partial charge on any atom is 0.333 e. The van der Waals surface area contributed by atoms with E-state index in [-0.39, 0.29) is 5.97 Å². The molecule has 0 unspecified atom stereocenters. The zero-order chi connectivity index (χ0) is 18.0. The van der Waals surface area contributed by atoms with Gasteiger partial charge in [-0.1, -0.05) is 24.8 Å². The van der Waals surface area contributed by atoms with E-state index in [4.69, 9.17) is 8.85 Å². The Bertz CT molecular complexity index is 544. The molecule has 0 fully saturated rings. The molecular formula is C18H28O4Si2. The first kappa shape index (κ1) is 20.7. The van der Waals surface area contributed by atoms with E-state index in [9.17, 15) is 9.90 Å². The van der Waals surface area contributed by atoms with Crippen LogP contribution in [0.25, 0.3) is 0 Å². The Balaban J connectivity index is 2.14. The molecule has 4 nitrogen and oxygen atoms in total. The van der Waals surface area contributed by atoms with Crippen LogP contribution in [0.1, 0.15) is 25.3 Å². The van der Waals surface area contributed by atoms with Gasteiger partial charge >= 0.3 is 5.97 Å². The lowest BCUT2D eigenvalue weighted by atomic mass is 10.1. The number of esters is 1. The fourth-order valence-electron chi connectivity index (χ4n) is 2.16. The van der Waals surface area contributed by atoms with Crippen molar-refractivity contribution < 1.29 is 18.8 Å². The van der Waals surface area contributed by atoms with Gasteiger partial charge in [-0.25, -0.2) is 4.79 Å². The van der Waals surface area contributed by atoms with Gasteiger partial charge in [0.1, 0.15) is 5.75 Å². The van der Waals surface area contributed by atoms with Crippen LogP contribution >= 0.6 is 0 Å². The van der Waals surface area contributed by atoms with Crippen LogP contribution < -0.4 is 0 Å². The van der Waals surface area contributed by atoms with E-state index in [1.165, 1.54) is 0 Å². The normalized spacial score (nSPS) is 11.3. The van der Waals surface area contributed by atoms with Crippen molar-refractivity contribution in [1.82, 2.24) is 0 Å². The number of ether oxygens (including phenoxy) is 1. The molecule has 24 heavy (non-hydrogen) atoms. The summed E-state index contributed by atoms with van der Waals surface area (Å²) in [5.41, 5.74) is 1.44. The second-order valence-electron chi connectivity index (χ2n) is 6.51. The van der Waals surface area contributed by atoms with Crippen LogP contribution in [0.2, 0.25) is 25.2 Å². The van der Waals surface area contributed by atoms with Crippen LogP contribution in [0.5, 0.6) is 5.75 Å². The highest BCUT2D eigenvalue weighted by atomic mass is 28.4. The SMILES string of the molecule is C=C(C)C(=O)OCCC[Si]O[Si](C)(C)CCCc1ccccc1O. The average molecular weight is 365 g/mol. The number of aromatic hydroxyl groups is 1. The molecule has 6 heteroatoms. The molecule has 1 aromatic rings. The number of phenols is 1. The molecule has 0 aliphatic carbocycles. The highest BCUT2D eigenvalue weighted by molar-refractivity contribution is 6.75. The van der Waals surface area contributed by atoms with Gasteiger partial charge in [0.25, 0.3) is 0 Å². The minimum Gasteiger partial charge on any atom is -0.508 e. The number of carbonyl (C=O) groups is 1. The molecule has 0 amide bonds. The largest absolute Gasteiger partial charge is 0.508 e. The first-order valence-electron chi connectivity index (χ1n) is 8.32. The summed E-state index contributed by atoms with van der Waals surface area (Å²) in [5, 5.41) is 9.78. The van der Waals surface area contributed by atoms with Gasteiger partial charge in [0.15, 0.2) is 8.32 Å². The fraction of sp³-hybridized carbons (Fsp3) is 0.500. The van der Waals surface area contributed by atoms with Gasteiger partial charge in [-0.05, 0) is 63.0 Å². The van der Waals surface area contributed by atoms with Gasteiger partial charge in [0.05, 0.1) is 6.61 Å². The Morgan fingerprint density at radius 1 is 1.29 bits per heavy atom. The lowest BCUT2D eigenvalue weighted by molar-refractivity contribution is -0.138. The Labute approximate surface area is 149 Å². The first-order chi connectivity index (χ1) is 11.3. The maximum atomic E-state index is 11.2. The Hall–Kier alpha value is -1.38. The van der Waals surface area contributed by atoms with E-state index in [0.29, 0.717) is 27.7 Å². The third-order valence-corrected chi connectivity index (χ3v) is 8.47. The minimum absolute atomic E-state index is 0.321. The number of benzene rings is 1. The van der Waals surface area contributed by atoms with Crippen molar-refractivity contribution in [1.29, 1.82) is 0 Å². The van der Waals surface area contributed by atoms with E-state index >= 15 is 0 Å². The van der Waals surface area contributed by atoms with E-state index in [1.807, 2.05) is 18.2 Å². The quantitative estimate of drug-likeness (QED) is 0.278. The second-order valence-corrected chi connectivity index (χ2v) is 12.1. The molecule has 0 spiro atoms. The Morgan fingerprint density at radius 2 is 2.00 bits per heavy atom. The second kappa shape index (κ2) is 10.5. The summed E-state index contributed by atoms with van der Waals surface area (Å²) in [4.78, 5) is 11.2. The third-order valence-electron chi connectivity index (χ3n) is 3.57. The average Bonchev–Trinajstić information content (AvgIpc) is 2.52. The van der Waals surface area contributed by atoms with Crippen molar-refractivity contribution in [2.45, 2.75) is 51.4 Å². The lowest BCUT2D eigenvalue weighted by Gasteiger charge is -2.23. The van der Waals surface area contributed by atoms with Crippen molar-refractivity contribution in [3.8, 4) is 5.75 Å². The molecule has 132 valence electrons. The maximum absolute atomic E-state index is 11.2. The summed E-state index contributed by atoms with van der Waals surface area (Å²) >= 11 is 0. The van der Waals surface area contributed by atoms with Crippen molar-refractivity contribution in [3.05, 3.63) is 42.0 Å². The number of hydrogen-bond donors (Lipinski definition) is 1. The van der Waals surface area contributed by atoms with Crippen LogP contribution in [-0.2, 0) is 20.1 Å². The smallest absolute Gasteiger partial charge is 0.333 e. The number of phenolic OH excluding ortho intramolecular Hbond substituents is 1. The molecular weight excluding hydrogens is 336 g/mol. The molecule has 1 N–H and O–H groups in total. The molecule has 0 aromatic heterocycles. The summed E-state index contributed by atoms with van der Waals surface area (Å²) in [7, 11) is -1.21. The first-order valence-corrected chi connectivity index (χ1v) is 12.6. The van der Waals surface area contributed by atoms with E-state index in [2.05, 4.69) is 19.7 Å². The van der Waals surface area contributed by atoms with Crippen molar-refractivity contribution in [3.63, 3.8) is 0 Å². The topological polar surface area (TPSA) is 55.8 Å². The van der Waals surface area contributed by atoms with Crippen molar-refractivity contribution in [2.24, 2.45) is 0 Å². The molecule has 0 saturated heterocycles. The van der Waals surface area contributed by atoms with E-state index in [0.717, 1.165) is 36.9 Å². The molecule has 0 bridgehead atoms. The molecule has 0 aliphatic rings. The van der Waals surface area contributed by atoms with Crippen molar-refractivity contribution >= 4 is 24.0 Å². The molecule has 2 radical (unpaired) electrons. The fourth-order valence-corrected chi connectivity index (χ4v) is 5.85. The summed E-state index contributed by atoms with van der Waals surface area (Å²) in [5.74, 6) is 0.0576. The minimum atomic E-state index is -1.67.